The molecule has 91 valence electrons. The van der Waals surface area contributed by atoms with Crippen LogP contribution in [0.2, 0.25) is 0 Å². The number of ether oxygens (including phenoxy) is 1. The highest BCUT2D eigenvalue weighted by Gasteiger charge is 2.31. The van der Waals surface area contributed by atoms with E-state index in [1.54, 1.807) is 12.3 Å². The SMILES string of the molecule is [CH2]CC1C=Nc2cc(OC(F)(F)F)ccc2C1. The molecule has 0 saturated carbocycles. The molecular weight excluding hydrogens is 231 g/mol. The summed E-state index contributed by atoms with van der Waals surface area (Å²) < 4.78 is 39.9. The fraction of sp³-hybridized carbons (Fsp3) is 0.333. The van der Waals surface area contributed by atoms with Crippen LogP contribution in [0.3, 0.4) is 0 Å². The lowest BCUT2D eigenvalue weighted by Crippen LogP contribution is -2.17. The van der Waals surface area contributed by atoms with Gasteiger partial charge in [-0.25, -0.2) is 0 Å². The van der Waals surface area contributed by atoms with Crippen molar-refractivity contribution in [1.29, 1.82) is 0 Å². The summed E-state index contributed by atoms with van der Waals surface area (Å²) in [4.78, 5) is 4.12. The minimum Gasteiger partial charge on any atom is -0.406 e. The molecule has 2 rings (SSSR count). The van der Waals surface area contributed by atoms with Crippen molar-refractivity contribution in [1.82, 2.24) is 0 Å². The number of fused-ring (bicyclic) bond motifs is 1. The average molecular weight is 242 g/mol. The predicted octanol–water partition coefficient (Wildman–Crippen LogP) is 3.68. The predicted molar refractivity (Wildman–Crippen MR) is 58.4 cm³/mol. The van der Waals surface area contributed by atoms with E-state index in [2.05, 4.69) is 16.7 Å². The van der Waals surface area contributed by atoms with E-state index in [1.165, 1.54) is 12.1 Å². The van der Waals surface area contributed by atoms with Crippen molar-refractivity contribution in [3.63, 3.8) is 0 Å². The molecule has 1 aromatic carbocycles. The second-order valence-electron chi connectivity index (χ2n) is 3.87. The highest BCUT2D eigenvalue weighted by molar-refractivity contribution is 5.72. The fourth-order valence-corrected chi connectivity index (χ4v) is 1.73. The van der Waals surface area contributed by atoms with Crippen molar-refractivity contribution in [2.45, 2.75) is 19.2 Å². The van der Waals surface area contributed by atoms with Crippen molar-refractivity contribution < 1.29 is 17.9 Å². The largest absolute Gasteiger partial charge is 0.573 e. The van der Waals surface area contributed by atoms with Crippen LogP contribution in [0, 0.1) is 12.8 Å². The summed E-state index contributed by atoms with van der Waals surface area (Å²) in [5.74, 6) is 0.0263. The van der Waals surface area contributed by atoms with Gasteiger partial charge in [-0.2, -0.15) is 0 Å². The zero-order chi connectivity index (χ0) is 12.5. The Morgan fingerprint density at radius 2 is 2.18 bits per heavy atom. The van der Waals surface area contributed by atoms with Crippen LogP contribution in [-0.2, 0) is 6.42 Å². The van der Waals surface area contributed by atoms with E-state index in [9.17, 15) is 13.2 Å². The molecule has 1 unspecified atom stereocenters. The van der Waals surface area contributed by atoms with E-state index in [0.717, 1.165) is 18.4 Å². The zero-order valence-corrected chi connectivity index (χ0v) is 9.00. The highest BCUT2D eigenvalue weighted by Crippen LogP contribution is 2.32. The summed E-state index contributed by atoms with van der Waals surface area (Å²) in [6.07, 6.45) is -1.45. The maximum atomic E-state index is 12.0. The number of rotatable bonds is 2. The van der Waals surface area contributed by atoms with E-state index in [1.807, 2.05) is 0 Å². The molecule has 5 heteroatoms. The molecule has 0 amide bonds. The molecule has 2 nitrogen and oxygen atoms in total. The molecule has 1 aliphatic heterocycles. The zero-order valence-electron chi connectivity index (χ0n) is 9.00. The van der Waals surface area contributed by atoms with E-state index >= 15 is 0 Å². The Labute approximate surface area is 97.1 Å². The Morgan fingerprint density at radius 3 is 2.82 bits per heavy atom. The first-order valence-corrected chi connectivity index (χ1v) is 5.20. The number of nitrogens with zero attached hydrogens (tertiary/aromatic N) is 1. The summed E-state index contributed by atoms with van der Waals surface area (Å²) in [6, 6.07) is 4.24. The first-order chi connectivity index (χ1) is 7.98. The van der Waals surface area contributed by atoms with Gasteiger partial charge >= 0.3 is 6.36 Å². The third-order valence-corrected chi connectivity index (χ3v) is 2.57. The van der Waals surface area contributed by atoms with Gasteiger partial charge in [0.25, 0.3) is 0 Å². The maximum absolute atomic E-state index is 12.0. The summed E-state index contributed by atoms with van der Waals surface area (Å²) in [5.41, 5.74) is 1.46. The van der Waals surface area contributed by atoms with Crippen molar-refractivity contribution in [2.75, 3.05) is 0 Å². The molecule has 0 fully saturated rings. The summed E-state index contributed by atoms with van der Waals surface area (Å²) >= 11 is 0. The lowest BCUT2D eigenvalue weighted by molar-refractivity contribution is -0.274. The number of alkyl halides is 3. The third kappa shape index (κ3) is 2.99. The third-order valence-electron chi connectivity index (χ3n) is 2.57. The van der Waals surface area contributed by atoms with Gasteiger partial charge in [-0.1, -0.05) is 13.0 Å². The quantitative estimate of drug-likeness (QED) is 0.775. The minimum atomic E-state index is -4.66. The molecule has 0 saturated heterocycles. The second kappa shape index (κ2) is 4.39. The van der Waals surface area contributed by atoms with Gasteiger partial charge in [0, 0.05) is 12.3 Å². The molecule has 1 aromatic rings. The van der Waals surface area contributed by atoms with Crippen molar-refractivity contribution in [3.05, 3.63) is 30.7 Å². The second-order valence-corrected chi connectivity index (χ2v) is 3.87. The Hall–Kier alpha value is -1.52. The number of hydrogen-bond donors (Lipinski definition) is 0. The topological polar surface area (TPSA) is 21.6 Å². The number of hydrogen-bond acceptors (Lipinski definition) is 2. The fourth-order valence-electron chi connectivity index (χ4n) is 1.73. The van der Waals surface area contributed by atoms with Crippen molar-refractivity contribution >= 4 is 11.9 Å². The molecule has 17 heavy (non-hydrogen) atoms. The molecule has 1 atom stereocenters. The summed E-state index contributed by atoms with van der Waals surface area (Å²) in [6.45, 7) is 3.78. The molecule has 1 aliphatic rings. The molecule has 0 aliphatic carbocycles. The normalized spacial score (nSPS) is 18.9. The van der Waals surface area contributed by atoms with Crippen LogP contribution in [0.4, 0.5) is 18.9 Å². The smallest absolute Gasteiger partial charge is 0.406 e. The van der Waals surface area contributed by atoms with Gasteiger partial charge in [-0.05, 0) is 30.4 Å². The van der Waals surface area contributed by atoms with Gasteiger partial charge in [0.2, 0.25) is 0 Å². The van der Waals surface area contributed by atoms with Crippen LogP contribution < -0.4 is 4.74 Å². The van der Waals surface area contributed by atoms with E-state index in [0.29, 0.717) is 5.69 Å². The van der Waals surface area contributed by atoms with Crippen LogP contribution in [-0.4, -0.2) is 12.6 Å². The van der Waals surface area contributed by atoms with Crippen LogP contribution in [0.5, 0.6) is 5.75 Å². The molecule has 0 N–H and O–H groups in total. The van der Waals surface area contributed by atoms with Crippen molar-refractivity contribution in [2.24, 2.45) is 10.9 Å². The molecule has 0 aromatic heterocycles. The Bertz CT molecular complexity index is 440. The molecule has 0 spiro atoms. The summed E-state index contributed by atoms with van der Waals surface area (Å²) in [7, 11) is 0. The number of benzene rings is 1. The minimum absolute atomic E-state index is 0.235. The van der Waals surface area contributed by atoms with Crippen LogP contribution in [0.15, 0.2) is 23.2 Å². The number of halogens is 3. The lowest BCUT2D eigenvalue weighted by Gasteiger charge is -2.18. The standard InChI is InChI=1S/C12H11F3NO/c1-2-8-5-9-3-4-10(17-12(13,14)15)6-11(9)16-7-8/h3-4,6-8H,1-2,5H2. The lowest BCUT2D eigenvalue weighted by atomic mass is 9.94. The highest BCUT2D eigenvalue weighted by atomic mass is 19.4. The first kappa shape index (κ1) is 12.0. The Balaban J connectivity index is 2.21. The molecular formula is C12H11F3NO. The van der Waals surface area contributed by atoms with E-state index in [4.69, 9.17) is 0 Å². The van der Waals surface area contributed by atoms with Gasteiger partial charge in [0.05, 0.1) is 5.69 Å². The maximum Gasteiger partial charge on any atom is 0.573 e. The van der Waals surface area contributed by atoms with Crippen LogP contribution in [0.25, 0.3) is 0 Å². The van der Waals surface area contributed by atoms with Gasteiger partial charge in [-0.15, -0.1) is 13.2 Å². The Morgan fingerprint density at radius 1 is 1.41 bits per heavy atom. The molecule has 0 bridgehead atoms. The first-order valence-electron chi connectivity index (χ1n) is 5.20. The van der Waals surface area contributed by atoms with E-state index in [-0.39, 0.29) is 11.7 Å². The van der Waals surface area contributed by atoms with Gasteiger partial charge in [0.1, 0.15) is 5.75 Å². The van der Waals surface area contributed by atoms with Gasteiger partial charge in [-0.3, -0.25) is 4.99 Å². The number of aliphatic imine (C=N–C) groups is 1. The Kier molecular flexibility index (Phi) is 3.09. The van der Waals surface area contributed by atoms with Crippen LogP contribution >= 0.6 is 0 Å². The molecule has 1 heterocycles. The van der Waals surface area contributed by atoms with E-state index < -0.39 is 6.36 Å². The van der Waals surface area contributed by atoms with Crippen molar-refractivity contribution in [3.8, 4) is 5.75 Å². The van der Waals surface area contributed by atoms with Gasteiger partial charge in [0.15, 0.2) is 0 Å². The van der Waals surface area contributed by atoms with Gasteiger partial charge < -0.3 is 4.74 Å². The monoisotopic (exact) mass is 242 g/mol. The average Bonchev–Trinajstić information content (AvgIpc) is 2.26. The van der Waals surface area contributed by atoms with Crippen LogP contribution in [0.1, 0.15) is 12.0 Å². The molecule has 1 radical (unpaired) electrons. The summed E-state index contributed by atoms with van der Waals surface area (Å²) in [5, 5.41) is 0.